The van der Waals surface area contributed by atoms with Gasteiger partial charge in [0, 0.05) is 24.8 Å². The number of nitrogens with one attached hydrogen (secondary N) is 1. The van der Waals surface area contributed by atoms with E-state index < -0.39 is 0 Å². The Labute approximate surface area is 111 Å². The quantitative estimate of drug-likeness (QED) is 0.319. The minimum Gasteiger partial charge on any atom is -0.409 e. The van der Waals surface area contributed by atoms with Gasteiger partial charge in [-0.05, 0) is 17.7 Å². The SMILES string of the molecule is N/C(=N/O)c1ccccc1CNCc1cccnn1. The number of amidine groups is 1. The first-order chi connectivity index (χ1) is 9.31. The maximum absolute atomic E-state index is 8.74. The summed E-state index contributed by atoms with van der Waals surface area (Å²) in [5.41, 5.74) is 8.17. The molecule has 98 valence electrons. The van der Waals surface area contributed by atoms with Crippen molar-refractivity contribution in [2.75, 3.05) is 0 Å². The van der Waals surface area contributed by atoms with Crippen LogP contribution in [0.3, 0.4) is 0 Å². The first-order valence-electron chi connectivity index (χ1n) is 5.84. The van der Waals surface area contributed by atoms with Crippen LogP contribution in [0.15, 0.2) is 47.8 Å². The molecule has 19 heavy (non-hydrogen) atoms. The summed E-state index contributed by atoms with van der Waals surface area (Å²) in [4.78, 5) is 0. The van der Waals surface area contributed by atoms with Gasteiger partial charge in [0.25, 0.3) is 0 Å². The lowest BCUT2D eigenvalue weighted by atomic mass is 10.1. The van der Waals surface area contributed by atoms with Gasteiger partial charge in [-0.2, -0.15) is 10.2 Å². The Balaban J connectivity index is 2.00. The molecule has 0 saturated carbocycles. The summed E-state index contributed by atoms with van der Waals surface area (Å²) < 4.78 is 0. The van der Waals surface area contributed by atoms with E-state index in [2.05, 4.69) is 20.7 Å². The monoisotopic (exact) mass is 257 g/mol. The number of oxime groups is 1. The number of nitrogens with two attached hydrogens (primary N) is 1. The smallest absolute Gasteiger partial charge is 0.170 e. The van der Waals surface area contributed by atoms with Gasteiger partial charge in [0.1, 0.15) is 0 Å². The van der Waals surface area contributed by atoms with Crippen molar-refractivity contribution in [1.82, 2.24) is 15.5 Å². The van der Waals surface area contributed by atoms with Gasteiger partial charge < -0.3 is 16.3 Å². The van der Waals surface area contributed by atoms with Gasteiger partial charge in [0.05, 0.1) is 5.69 Å². The second-order valence-corrected chi connectivity index (χ2v) is 3.96. The highest BCUT2D eigenvalue weighted by molar-refractivity contribution is 5.98. The summed E-state index contributed by atoms with van der Waals surface area (Å²) in [6, 6.07) is 11.2. The predicted octanol–water partition coefficient (Wildman–Crippen LogP) is 0.861. The Hall–Kier alpha value is -2.47. The number of nitrogens with zero attached hydrogens (tertiary/aromatic N) is 3. The van der Waals surface area contributed by atoms with Crippen LogP contribution in [0.4, 0.5) is 0 Å². The molecule has 0 aliphatic heterocycles. The molecule has 1 aromatic heterocycles. The molecule has 0 unspecified atom stereocenters. The third-order valence-electron chi connectivity index (χ3n) is 2.65. The molecule has 6 heteroatoms. The molecule has 0 aliphatic carbocycles. The predicted molar refractivity (Wildman–Crippen MR) is 71.5 cm³/mol. The van der Waals surface area contributed by atoms with E-state index in [1.54, 1.807) is 6.20 Å². The van der Waals surface area contributed by atoms with Gasteiger partial charge in [-0.3, -0.25) is 0 Å². The van der Waals surface area contributed by atoms with E-state index in [0.717, 1.165) is 16.8 Å². The molecule has 0 fully saturated rings. The molecular formula is C13H15N5O. The van der Waals surface area contributed by atoms with E-state index in [4.69, 9.17) is 10.9 Å². The van der Waals surface area contributed by atoms with Crippen LogP contribution in [0.1, 0.15) is 16.8 Å². The normalized spacial score (nSPS) is 11.5. The van der Waals surface area contributed by atoms with Crippen LogP contribution in [0.25, 0.3) is 0 Å². The number of aromatic nitrogens is 2. The summed E-state index contributed by atoms with van der Waals surface area (Å²) in [7, 11) is 0. The van der Waals surface area contributed by atoms with Gasteiger partial charge >= 0.3 is 0 Å². The topological polar surface area (TPSA) is 96.4 Å². The summed E-state index contributed by atoms with van der Waals surface area (Å²) in [5.74, 6) is 0.108. The first kappa shape index (κ1) is 13.0. The zero-order chi connectivity index (χ0) is 13.5. The Morgan fingerprint density at radius 3 is 2.79 bits per heavy atom. The molecule has 2 aromatic rings. The Morgan fingerprint density at radius 1 is 1.21 bits per heavy atom. The molecule has 0 bridgehead atoms. The van der Waals surface area contributed by atoms with E-state index in [1.807, 2.05) is 36.4 Å². The van der Waals surface area contributed by atoms with Crippen LogP contribution in [-0.4, -0.2) is 21.2 Å². The highest BCUT2D eigenvalue weighted by atomic mass is 16.4. The Bertz CT molecular complexity index is 556. The van der Waals surface area contributed by atoms with E-state index in [0.29, 0.717) is 13.1 Å². The Kier molecular flexibility index (Phi) is 4.41. The fourth-order valence-electron chi connectivity index (χ4n) is 1.73. The van der Waals surface area contributed by atoms with E-state index in [1.165, 1.54) is 0 Å². The van der Waals surface area contributed by atoms with Crippen LogP contribution < -0.4 is 11.1 Å². The van der Waals surface area contributed by atoms with Crippen molar-refractivity contribution >= 4 is 5.84 Å². The number of hydrogen-bond donors (Lipinski definition) is 3. The van der Waals surface area contributed by atoms with Crippen LogP contribution in [0.2, 0.25) is 0 Å². The molecule has 0 amide bonds. The number of hydrogen-bond acceptors (Lipinski definition) is 5. The molecule has 4 N–H and O–H groups in total. The lowest BCUT2D eigenvalue weighted by molar-refractivity contribution is 0.318. The van der Waals surface area contributed by atoms with Gasteiger partial charge in [-0.25, -0.2) is 0 Å². The fraction of sp³-hybridized carbons (Fsp3) is 0.154. The third kappa shape index (κ3) is 3.49. The van der Waals surface area contributed by atoms with Crippen molar-refractivity contribution in [1.29, 1.82) is 0 Å². The van der Waals surface area contributed by atoms with Crippen LogP contribution in [0, 0.1) is 0 Å². The molecule has 2 rings (SSSR count). The average molecular weight is 257 g/mol. The lowest BCUT2D eigenvalue weighted by Crippen LogP contribution is -2.20. The first-order valence-corrected chi connectivity index (χ1v) is 5.84. The molecule has 0 saturated heterocycles. The molecular weight excluding hydrogens is 242 g/mol. The molecule has 1 heterocycles. The van der Waals surface area contributed by atoms with Crippen molar-refractivity contribution in [3.63, 3.8) is 0 Å². The van der Waals surface area contributed by atoms with Gasteiger partial charge in [-0.15, -0.1) is 0 Å². The second-order valence-electron chi connectivity index (χ2n) is 3.96. The van der Waals surface area contributed by atoms with Gasteiger partial charge in [-0.1, -0.05) is 29.4 Å². The minimum atomic E-state index is 0.108. The maximum Gasteiger partial charge on any atom is 0.170 e. The zero-order valence-electron chi connectivity index (χ0n) is 10.3. The van der Waals surface area contributed by atoms with Crippen LogP contribution in [0.5, 0.6) is 0 Å². The van der Waals surface area contributed by atoms with Crippen molar-refractivity contribution < 1.29 is 5.21 Å². The van der Waals surface area contributed by atoms with E-state index in [-0.39, 0.29) is 5.84 Å². The van der Waals surface area contributed by atoms with Crippen molar-refractivity contribution in [2.24, 2.45) is 10.9 Å². The van der Waals surface area contributed by atoms with Crippen molar-refractivity contribution in [2.45, 2.75) is 13.1 Å². The fourth-order valence-corrected chi connectivity index (χ4v) is 1.73. The van der Waals surface area contributed by atoms with E-state index >= 15 is 0 Å². The zero-order valence-corrected chi connectivity index (χ0v) is 10.3. The highest BCUT2D eigenvalue weighted by Crippen LogP contribution is 2.08. The number of rotatable bonds is 5. The van der Waals surface area contributed by atoms with Gasteiger partial charge in [0.15, 0.2) is 5.84 Å². The largest absolute Gasteiger partial charge is 0.409 e. The van der Waals surface area contributed by atoms with Gasteiger partial charge in [0.2, 0.25) is 0 Å². The minimum absolute atomic E-state index is 0.108. The van der Waals surface area contributed by atoms with Crippen molar-refractivity contribution in [3.05, 3.63) is 59.4 Å². The summed E-state index contributed by atoms with van der Waals surface area (Å²) >= 11 is 0. The molecule has 6 nitrogen and oxygen atoms in total. The molecule has 0 atom stereocenters. The molecule has 1 aromatic carbocycles. The summed E-state index contributed by atoms with van der Waals surface area (Å²) in [6.45, 7) is 1.21. The second kappa shape index (κ2) is 6.46. The third-order valence-corrected chi connectivity index (χ3v) is 2.65. The lowest BCUT2D eigenvalue weighted by Gasteiger charge is -2.09. The summed E-state index contributed by atoms with van der Waals surface area (Å²) in [6.07, 6.45) is 1.64. The Morgan fingerprint density at radius 2 is 2.05 bits per heavy atom. The molecule has 0 radical (unpaired) electrons. The summed E-state index contributed by atoms with van der Waals surface area (Å²) in [5, 5.41) is 22.8. The van der Waals surface area contributed by atoms with Crippen LogP contribution in [-0.2, 0) is 13.1 Å². The van der Waals surface area contributed by atoms with Crippen molar-refractivity contribution in [3.8, 4) is 0 Å². The van der Waals surface area contributed by atoms with E-state index in [9.17, 15) is 0 Å². The number of benzene rings is 1. The molecule has 0 spiro atoms. The highest BCUT2D eigenvalue weighted by Gasteiger charge is 2.05. The maximum atomic E-state index is 8.74. The average Bonchev–Trinajstić information content (AvgIpc) is 2.48. The van der Waals surface area contributed by atoms with Crippen LogP contribution >= 0.6 is 0 Å². The standard InChI is InChI=1S/C13H15N5O/c14-13(18-19)12-6-2-1-4-10(12)8-15-9-11-5-3-7-16-17-11/h1-7,15,19H,8-9H2,(H2,14,18). The molecule has 0 aliphatic rings.